The lowest BCUT2D eigenvalue weighted by Crippen LogP contribution is -2.23. The fourth-order valence-electron chi connectivity index (χ4n) is 2.75. The summed E-state index contributed by atoms with van der Waals surface area (Å²) in [5, 5.41) is 11.0. The van der Waals surface area contributed by atoms with Gasteiger partial charge in [0.25, 0.3) is 5.91 Å². The van der Waals surface area contributed by atoms with Crippen LogP contribution in [-0.2, 0) is 11.3 Å². The van der Waals surface area contributed by atoms with Gasteiger partial charge in [0.15, 0.2) is 5.82 Å². The summed E-state index contributed by atoms with van der Waals surface area (Å²) in [6.07, 6.45) is 2.92. The lowest BCUT2D eigenvalue weighted by atomic mass is 10.1. The predicted molar refractivity (Wildman–Crippen MR) is 109 cm³/mol. The minimum absolute atomic E-state index is 0.214. The van der Waals surface area contributed by atoms with Crippen molar-refractivity contribution in [3.05, 3.63) is 73.1 Å². The van der Waals surface area contributed by atoms with E-state index < -0.39 is 0 Å². The Balaban J connectivity index is 1.75. The zero-order chi connectivity index (χ0) is 20.1. The first-order chi connectivity index (χ1) is 13.5. The number of anilines is 2. The third-order valence-corrected chi connectivity index (χ3v) is 4.36. The number of aromatic nitrogens is 3. The molecule has 0 spiro atoms. The van der Waals surface area contributed by atoms with Crippen molar-refractivity contribution in [3.8, 4) is 11.4 Å². The minimum atomic E-state index is -0.238. The van der Waals surface area contributed by atoms with Crippen molar-refractivity contribution < 1.29 is 9.59 Å². The SMILES string of the molecule is C=CC(=O)N(C)c1ccc(C(=O)Nc2cccc(-c3nncn3CC)c2)cc1. The van der Waals surface area contributed by atoms with Crippen LogP contribution >= 0.6 is 0 Å². The van der Waals surface area contributed by atoms with Crippen LogP contribution in [0.3, 0.4) is 0 Å². The third-order valence-electron chi connectivity index (χ3n) is 4.36. The number of nitrogens with one attached hydrogen (secondary N) is 1. The highest BCUT2D eigenvalue weighted by Crippen LogP contribution is 2.22. The molecule has 7 nitrogen and oxygen atoms in total. The number of rotatable bonds is 6. The zero-order valence-corrected chi connectivity index (χ0v) is 15.8. The van der Waals surface area contributed by atoms with E-state index >= 15 is 0 Å². The van der Waals surface area contributed by atoms with Gasteiger partial charge in [0.2, 0.25) is 5.91 Å². The molecule has 0 radical (unpaired) electrons. The summed E-state index contributed by atoms with van der Waals surface area (Å²) in [6.45, 7) is 6.25. The van der Waals surface area contributed by atoms with Gasteiger partial charge < -0.3 is 14.8 Å². The molecule has 0 saturated carbocycles. The normalized spacial score (nSPS) is 10.4. The van der Waals surface area contributed by atoms with Crippen LogP contribution in [0.25, 0.3) is 11.4 Å². The number of nitrogens with zero attached hydrogens (tertiary/aromatic N) is 4. The quantitative estimate of drug-likeness (QED) is 0.670. The lowest BCUT2D eigenvalue weighted by Gasteiger charge is -2.15. The molecule has 3 aromatic rings. The molecule has 0 unspecified atom stereocenters. The van der Waals surface area contributed by atoms with Crippen LogP contribution in [0, 0.1) is 0 Å². The van der Waals surface area contributed by atoms with E-state index in [2.05, 4.69) is 22.1 Å². The van der Waals surface area contributed by atoms with Crippen LogP contribution in [0.1, 0.15) is 17.3 Å². The Bertz CT molecular complexity index is 1010. The zero-order valence-electron chi connectivity index (χ0n) is 15.8. The lowest BCUT2D eigenvalue weighted by molar-refractivity contribution is -0.113. The Kier molecular flexibility index (Phi) is 5.64. The molecule has 0 bridgehead atoms. The summed E-state index contributed by atoms with van der Waals surface area (Å²) in [5.74, 6) is 0.296. The molecule has 142 valence electrons. The molecule has 3 rings (SSSR count). The van der Waals surface area contributed by atoms with E-state index in [1.807, 2.05) is 35.8 Å². The summed E-state index contributed by atoms with van der Waals surface area (Å²) >= 11 is 0. The van der Waals surface area contributed by atoms with Gasteiger partial charge in [-0.25, -0.2) is 0 Å². The second kappa shape index (κ2) is 8.30. The fraction of sp³-hybridized carbons (Fsp3) is 0.143. The predicted octanol–water partition coefficient (Wildman–Crippen LogP) is 3.37. The Hall–Kier alpha value is -3.74. The average molecular weight is 375 g/mol. The molecule has 28 heavy (non-hydrogen) atoms. The van der Waals surface area contributed by atoms with Crippen LogP contribution in [-0.4, -0.2) is 33.6 Å². The van der Waals surface area contributed by atoms with Crippen molar-refractivity contribution in [1.82, 2.24) is 14.8 Å². The maximum Gasteiger partial charge on any atom is 0.255 e. The molecule has 2 aromatic carbocycles. The van der Waals surface area contributed by atoms with Crippen molar-refractivity contribution in [3.63, 3.8) is 0 Å². The summed E-state index contributed by atoms with van der Waals surface area (Å²) < 4.78 is 1.93. The van der Waals surface area contributed by atoms with Crippen LogP contribution in [0.2, 0.25) is 0 Å². The standard InChI is InChI=1S/C21H21N5O2/c1-4-19(27)25(3)18-11-9-15(10-12-18)21(28)23-17-8-6-7-16(13-17)20-24-22-14-26(20)5-2/h4,6-14H,1,5H2,2-3H3,(H,23,28). The second-order valence-electron chi connectivity index (χ2n) is 6.12. The first-order valence-corrected chi connectivity index (χ1v) is 8.83. The molecule has 0 aliphatic carbocycles. The van der Waals surface area contributed by atoms with E-state index in [4.69, 9.17) is 0 Å². The van der Waals surface area contributed by atoms with E-state index in [-0.39, 0.29) is 11.8 Å². The van der Waals surface area contributed by atoms with Gasteiger partial charge in [-0.15, -0.1) is 10.2 Å². The van der Waals surface area contributed by atoms with E-state index in [0.717, 1.165) is 17.9 Å². The van der Waals surface area contributed by atoms with Crippen molar-refractivity contribution in [1.29, 1.82) is 0 Å². The monoisotopic (exact) mass is 375 g/mol. The number of aryl methyl sites for hydroxylation is 1. The van der Waals surface area contributed by atoms with E-state index in [9.17, 15) is 9.59 Å². The summed E-state index contributed by atoms with van der Waals surface area (Å²) in [7, 11) is 1.65. The highest BCUT2D eigenvalue weighted by Gasteiger charge is 2.11. The molecular weight excluding hydrogens is 354 g/mol. The number of benzene rings is 2. The Morgan fingerprint density at radius 3 is 2.64 bits per heavy atom. The molecule has 1 N–H and O–H groups in total. The third kappa shape index (κ3) is 3.98. The summed E-state index contributed by atoms with van der Waals surface area (Å²) in [5.41, 5.74) is 2.71. The van der Waals surface area contributed by atoms with E-state index in [1.54, 1.807) is 37.6 Å². The number of carbonyl (C=O) groups is 2. The topological polar surface area (TPSA) is 80.1 Å². The number of hydrogen-bond donors (Lipinski definition) is 1. The van der Waals surface area contributed by atoms with Gasteiger partial charge in [0, 0.05) is 36.1 Å². The van der Waals surface area contributed by atoms with E-state index in [0.29, 0.717) is 16.9 Å². The number of amides is 2. The first kappa shape index (κ1) is 19.0. The van der Waals surface area contributed by atoms with Gasteiger partial charge in [0.1, 0.15) is 6.33 Å². The number of hydrogen-bond acceptors (Lipinski definition) is 4. The van der Waals surface area contributed by atoms with Crippen LogP contribution in [0.15, 0.2) is 67.5 Å². The van der Waals surface area contributed by atoms with Crippen molar-refractivity contribution in [2.45, 2.75) is 13.5 Å². The fourth-order valence-corrected chi connectivity index (χ4v) is 2.75. The maximum absolute atomic E-state index is 12.6. The van der Waals surface area contributed by atoms with Gasteiger partial charge in [-0.3, -0.25) is 9.59 Å². The summed E-state index contributed by atoms with van der Waals surface area (Å²) in [4.78, 5) is 25.7. The van der Waals surface area contributed by atoms with E-state index in [1.165, 1.54) is 11.0 Å². The molecule has 0 aliphatic heterocycles. The van der Waals surface area contributed by atoms with Crippen LogP contribution in [0.4, 0.5) is 11.4 Å². The van der Waals surface area contributed by atoms with Crippen molar-refractivity contribution in [2.75, 3.05) is 17.3 Å². The molecule has 0 fully saturated rings. The van der Waals surface area contributed by atoms with Gasteiger partial charge >= 0.3 is 0 Å². The molecule has 7 heteroatoms. The second-order valence-corrected chi connectivity index (χ2v) is 6.12. The van der Waals surface area contributed by atoms with Crippen LogP contribution < -0.4 is 10.2 Å². The minimum Gasteiger partial charge on any atom is -0.322 e. The Morgan fingerprint density at radius 1 is 1.21 bits per heavy atom. The van der Waals surface area contributed by atoms with Gasteiger partial charge in [-0.2, -0.15) is 0 Å². The van der Waals surface area contributed by atoms with Crippen molar-refractivity contribution in [2.24, 2.45) is 0 Å². The van der Waals surface area contributed by atoms with Crippen molar-refractivity contribution >= 4 is 23.2 Å². The highest BCUT2D eigenvalue weighted by molar-refractivity contribution is 6.05. The molecule has 1 heterocycles. The smallest absolute Gasteiger partial charge is 0.255 e. The molecular formula is C21H21N5O2. The summed E-state index contributed by atoms with van der Waals surface area (Å²) in [6, 6.07) is 14.3. The Morgan fingerprint density at radius 2 is 1.96 bits per heavy atom. The maximum atomic E-state index is 12.6. The Labute approximate surface area is 163 Å². The van der Waals surface area contributed by atoms with Gasteiger partial charge in [-0.1, -0.05) is 18.7 Å². The number of likely N-dealkylation sites (N-methyl/N-ethyl adjacent to an activating group) is 1. The van der Waals surface area contributed by atoms with Gasteiger partial charge in [0.05, 0.1) is 0 Å². The first-order valence-electron chi connectivity index (χ1n) is 8.83. The largest absolute Gasteiger partial charge is 0.322 e. The average Bonchev–Trinajstić information content (AvgIpc) is 3.22. The highest BCUT2D eigenvalue weighted by atomic mass is 16.2. The van der Waals surface area contributed by atoms with Crippen LogP contribution in [0.5, 0.6) is 0 Å². The molecule has 1 aromatic heterocycles. The molecule has 0 saturated heterocycles. The number of carbonyl (C=O) groups excluding carboxylic acids is 2. The molecule has 0 atom stereocenters. The molecule has 0 aliphatic rings. The molecule has 2 amide bonds. The van der Waals surface area contributed by atoms with Gasteiger partial charge in [-0.05, 0) is 49.4 Å².